The molecule has 30 heavy (non-hydrogen) atoms. The summed E-state index contributed by atoms with van der Waals surface area (Å²) in [6, 6.07) is 18.0. The van der Waals surface area contributed by atoms with Crippen LogP contribution in [0.1, 0.15) is 15.9 Å². The minimum absolute atomic E-state index is 0.0874. The molecule has 8 heteroatoms. The van der Waals surface area contributed by atoms with Gasteiger partial charge in [-0.25, -0.2) is 0 Å². The number of nitrogens with one attached hydrogen (secondary N) is 1. The summed E-state index contributed by atoms with van der Waals surface area (Å²) in [6.45, 7) is 0. The lowest BCUT2D eigenvalue weighted by atomic mass is 10.1. The molecule has 0 saturated carbocycles. The third-order valence-corrected chi connectivity index (χ3v) is 4.33. The second-order valence-corrected chi connectivity index (χ2v) is 6.25. The van der Waals surface area contributed by atoms with Crippen LogP contribution in [0.3, 0.4) is 0 Å². The van der Waals surface area contributed by atoms with Gasteiger partial charge in [0.25, 0.3) is 5.91 Å². The lowest BCUT2D eigenvalue weighted by Gasteiger charge is -2.26. The Kier molecular flexibility index (Phi) is 6.15. The van der Waals surface area contributed by atoms with E-state index < -0.39 is 17.6 Å². The number of benzene rings is 3. The molecule has 0 aliphatic heterocycles. The van der Waals surface area contributed by atoms with E-state index in [1.165, 1.54) is 12.1 Å². The zero-order valence-corrected chi connectivity index (χ0v) is 16.2. The molecule has 0 aromatic heterocycles. The van der Waals surface area contributed by atoms with Gasteiger partial charge in [0.05, 0.1) is 31.2 Å². The summed E-state index contributed by atoms with van der Waals surface area (Å²) in [7, 11) is 3.07. The van der Waals surface area contributed by atoms with E-state index in [0.717, 1.165) is 24.3 Å². The molecule has 0 saturated heterocycles. The number of anilines is 2. The molecular formula is C22H19F3N2O3. The van der Waals surface area contributed by atoms with Crippen molar-refractivity contribution in [2.24, 2.45) is 0 Å². The van der Waals surface area contributed by atoms with E-state index in [1.807, 2.05) is 0 Å². The molecule has 0 aliphatic carbocycles. The summed E-state index contributed by atoms with van der Waals surface area (Å²) >= 11 is 0. The Balaban J connectivity index is 1.92. The highest BCUT2D eigenvalue weighted by molar-refractivity contribution is 5.96. The fourth-order valence-corrected chi connectivity index (χ4v) is 2.74. The molecule has 1 amide bonds. The first-order valence-corrected chi connectivity index (χ1v) is 8.88. The van der Waals surface area contributed by atoms with Crippen molar-refractivity contribution in [1.29, 1.82) is 0 Å². The number of amides is 1. The third-order valence-electron chi connectivity index (χ3n) is 4.33. The van der Waals surface area contributed by atoms with Crippen molar-refractivity contribution >= 4 is 17.3 Å². The van der Waals surface area contributed by atoms with Crippen LogP contribution in [0, 0.1) is 0 Å². The van der Waals surface area contributed by atoms with Gasteiger partial charge in [-0.1, -0.05) is 6.07 Å². The second-order valence-electron chi connectivity index (χ2n) is 6.25. The molecule has 0 radical (unpaired) electrons. The van der Waals surface area contributed by atoms with Crippen LogP contribution in [0.4, 0.5) is 24.5 Å². The maximum Gasteiger partial charge on any atom is 0.416 e. The van der Waals surface area contributed by atoms with Crippen LogP contribution in [0.25, 0.3) is 0 Å². The minimum Gasteiger partial charge on any atom is -0.497 e. The highest BCUT2D eigenvalue weighted by Gasteiger charge is 2.30. The Morgan fingerprint density at radius 3 is 2.03 bits per heavy atom. The van der Waals surface area contributed by atoms with Gasteiger partial charge in [0.15, 0.2) is 0 Å². The van der Waals surface area contributed by atoms with Crippen molar-refractivity contribution in [2.75, 3.05) is 19.2 Å². The van der Waals surface area contributed by atoms with Gasteiger partial charge in [0, 0.05) is 11.6 Å². The van der Waals surface area contributed by atoms with E-state index in [4.69, 9.17) is 9.47 Å². The van der Waals surface area contributed by atoms with E-state index >= 15 is 0 Å². The molecule has 3 aromatic carbocycles. The monoisotopic (exact) mass is 416 g/mol. The molecule has 3 rings (SSSR count). The molecule has 0 bridgehead atoms. The van der Waals surface area contributed by atoms with Gasteiger partial charge >= 0.3 is 6.18 Å². The molecule has 0 atom stereocenters. The van der Waals surface area contributed by atoms with E-state index in [2.05, 4.69) is 5.43 Å². The summed E-state index contributed by atoms with van der Waals surface area (Å²) in [5.41, 5.74) is 3.21. The molecule has 3 aromatic rings. The SMILES string of the molecule is COc1ccc(N(NC(=O)c2ccc(C(F)(F)F)cc2)c2cccc(OC)c2)cc1. The van der Waals surface area contributed by atoms with Crippen molar-refractivity contribution in [1.82, 2.24) is 5.43 Å². The summed E-state index contributed by atoms with van der Waals surface area (Å²) in [4.78, 5) is 12.8. The first kappa shape index (κ1) is 21.0. The Morgan fingerprint density at radius 1 is 0.833 bits per heavy atom. The zero-order chi connectivity index (χ0) is 21.7. The van der Waals surface area contributed by atoms with Crippen molar-refractivity contribution in [2.45, 2.75) is 6.18 Å². The van der Waals surface area contributed by atoms with Gasteiger partial charge in [-0.05, 0) is 60.7 Å². The molecule has 1 N–H and O–H groups in total. The largest absolute Gasteiger partial charge is 0.497 e. The number of carbonyl (C=O) groups is 1. The topological polar surface area (TPSA) is 50.8 Å². The van der Waals surface area contributed by atoms with E-state index in [0.29, 0.717) is 22.9 Å². The van der Waals surface area contributed by atoms with Gasteiger partial charge in [0.2, 0.25) is 0 Å². The Morgan fingerprint density at radius 2 is 1.47 bits per heavy atom. The normalized spacial score (nSPS) is 11.0. The lowest BCUT2D eigenvalue weighted by molar-refractivity contribution is -0.137. The van der Waals surface area contributed by atoms with Crippen molar-refractivity contribution in [3.63, 3.8) is 0 Å². The number of hydrogen-bond acceptors (Lipinski definition) is 4. The number of carbonyl (C=O) groups excluding carboxylic acids is 1. The van der Waals surface area contributed by atoms with Crippen LogP contribution < -0.4 is 19.9 Å². The van der Waals surface area contributed by atoms with Crippen molar-refractivity contribution in [3.8, 4) is 11.5 Å². The van der Waals surface area contributed by atoms with Crippen LogP contribution in [0.5, 0.6) is 11.5 Å². The van der Waals surface area contributed by atoms with Gasteiger partial charge in [-0.15, -0.1) is 0 Å². The quantitative estimate of drug-likeness (QED) is 0.561. The fraction of sp³-hybridized carbons (Fsp3) is 0.136. The molecule has 0 spiro atoms. The summed E-state index contributed by atoms with van der Waals surface area (Å²) in [5.74, 6) is 0.649. The Labute approximate surface area is 171 Å². The number of hydrogen-bond donors (Lipinski definition) is 1. The summed E-state index contributed by atoms with van der Waals surface area (Å²) in [6.07, 6.45) is -4.47. The zero-order valence-electron chi connectivity index (χ0n) is 16.2. The lowest BCUT2D eigenvalue weighted by Crippen LogP contribution is -2.39. The van der Waals surface area contributed by atoms with Crippen LogP contribution >= 0.6 is 0 Å². The number of methoxy groups -OCH3 is 2. The summed E-state index contributed by atoms with van der Waals surface area (Å²) in [5, 5.41) is 1.52. The smallest absolute Gasteiger partial charge is 0.416 e. The van der Waals surface area contributed by atoms with Crippen molar-refractivity contribution in [3.05, 3.63) is 83.9 Å². The minimum atomic E-state index is -4.47. The maximum absolute atomic E-state index is 12.8. The van der Waals surface area contributed by atoms with Gasteiger partial charge in [-0.3, -0.25) is 15.2 Å². The average Bonchev–Trinajstić information content (AvgIpc) is 2.77. The van der Waals surface area contributed by atoms with Crippen LogP contribution in [-0.2, 0) is 6.18 Å². The van der Waals surface area contributed by atoms with Gasteiger partial charge < -0.3 is 9.47 Å². The Bertz CT molecular complexity index is 1000. The average molecular weight is 416 g/mol. The molecule has 156 valence electrons. The highest BCUT2D eigenvalue weighted by Crippen LogP contribution is 2.30. The van der Waals surface area contributed by atoms with Crippen molar-refractivity contribution < 1.29 is 27.4 Å². The summed E-state index contributed by atoms with van der Waals surface area (Å²) < 4.78 is 48.7. The Hall–Kier alpha value is -3.68. The number of alkyl halides is 3. The first-order chi connectivity index (χ1) is 14.3. The highest BCUT2D eigenvalue weighted by atomic mass is 19.4. The predicted octanol–water partition coefficient (Wildman–Crippen LogP) is 5.21. The number of halogens is 3. The number of ether oxygens (including phenoxy) is 2. The molecular weight excluding hydrogens is 397 g/mol. The van der Waals surface area contributed by atoms with Gasteiger partial charge in [0.1, 0.15) is 11.5 Å². The standard InChI is InChI=1S/C22H19F3N2O3/c1-29-19-12-10-17(11-13-19)27(18-4-3-5-20(14-18)30-2)26-21(28)15-6-8-16(9-7-15)22(23,24)25/h3-14H,1-2H3,(H,26,28). The molecule has 0 aliphatic rings. The van der Waals surface area contributed by atoms with Crippen LogP contribution in [0.15, 0.2) is 72.8 Å². The molecule has 0 heterocycles. The molecule has 0 fully saturated rings. The molecule has 5 nitrogen and oxygen atoms in total. The van der Waals surface area contributed by atoms with Crippen LogP contribution in [0.2, 0.25) is 0 Å². The first-order valence-electron chi connectivity index (χ1n) is 8.88. The number of rotatable bonds is 6. The molecule has 0 unspecified atom stereocenters. The van der Waals surface area contributed by atoms with E-state index in [9.17, 15) is 18.0 Å². The third kappa shape index (κ3) is 4.83. The maximum atomic E-state index is 12.8. The number of hydrazine groups is 1. The van der Waals surface area contributed by atoms with E-state index in [1.54, 1.807) is 55.6 Å². The number of nitrogens with zero attached hydrogens (tertiary/aromatic N) is 1. The fourth-order valence-electron chi connectivity index (χ4n) is 2.74. The van der Waals surface area contributed by atoms with Crippen LogP contribution in [-0.4, -0.2) is 20.1 Å². The van der Waals surface area contributed by atoms with E-state index in [-0.39, 0.29) is 5.56 Å². The van der Waals surface area contributed by atoms with Gasteiger partial charge in [-0.2, -0.15) is 13.2 Å². The second kappa shape index (κ2) is 8.77. The predicted molar refractivity (Wildman–Crippen MR) is 107 cm³/mol.